The molecule has 2 N–H and O–H groups in total. The van der Waals surface area contributed by atoms with Crippen molar-refractivity contribution in [3.63, 3.8) is 0 Å². The van der Waals surface area contributed by atoms with Gasteiger partial charge >= 0.3 is 12.1 Å². The summed E-state index contributed by atoms with van der Waals surface area (Å²) < 4.78 is 0. The van der Waals surface area contributed by atoms with E-state index in [1.807, 2.05) is 30.0 Å². The molecule has 1 saturated heterocycles. The van der Waals surface area contributed by atoms with Gasteiger partial charge in [-0.05, 0) is 25.0 Å². The molecule has 2 aliphatic rings. The van der Waals surface area contributed by atoms with Crippen LogP contribution in [0.15, 0.2) is 24.3 Å². The third-order valence-electron chi connectivity index (χ3n) is 4.59. The van der Waals surface area contributed by atoms with E-state index in [2.05, 4.69) is 23.6 Å². The summed E-state index contributed by atoms with van der Waals surface area (Å²) in [4.78, 5) is 28.0. The molecular formula is C17H24N4O2. The highest BCUT2D eigenvalue weighted by Crippen LogP contribution is 2.35. The summed E-state index contributed by atoms with van der Waals surface area (Å²) in [5.74, 6) is 0.354. The van der Waals surface area contributed by atoms with Crippen LogP contribution in [0, 0.1) is 0 Å². The van der Waals surface area contributed by atoms with Crippen LogP contribution in [-0.4, -0.2) is 49.2 Å². The molecule has 0 spiro atoms. The van der Waals surface area contributed by atoms with E-state index in [4.69, 9.17) is 0 Å². The van der Waals surface area contributed by atoms with Crippen LogP contribution in [0.25, 0.3) is 0 Å². The minimum absolute atomic E-state index is 0.0215. The van der Waals surface area contributed by atoms with E-state index >= 15 is 0 Å². The Morgan fingerprint density at radius 1 is 1.22 bits per heavy atom. The van der Waals surface area contributed by atoms with Crippen LogP contribution >= 0.6 is 0 Å². The quantitative estimate of drug-likeness (QED) is 0.878. The number of hydrogen-bond acceptors (Lipinski definition) is 2. The van der Waals surface area contributed by atoms with Crippen LogP contribution in [0.1, 0.15) is 31.7 Å². The summed E-state index contributed by atoms with van der Waals surface area (Å²) >= 11 is 0. The molecular weight excluding hydrogens is 292 g/mol. The molecule has 0 saturated carbocycles. The van der Waals surface area contributed by atoms with Crippen LogP contribution in [0.3, 0.4) is 0 Å². The van der Waals surface area contributed by atoms with Gasteiger partial charge in [0.15, 0.2) is 0 Å². The Labute approximate surface area is 136 Å². The highest BCUT2D eigenvalue weighted by Gasteiger charge is 2.32. The Morgan fingerprint density at radius 3 is 2.78 bits per heavy atom. The topological polar surface area (TPSA) is 64.7 Å². The standard InChI is InChI=1S/C17H24N4O2/c1-3-18-16(22)20-9-8-13(11-20)19-17(23)21-10-12(2)14-6-4-5-7-15(14)21/h4-7,12-13H,3,8-11H2,1-2H3,(H,18,22)(H,19,23). The SMILES string of the molecule is CCNC(=O)N1CCC(NC(=O)N2CC(C)c3ccccc32)C1. The number of hydrogen-bond donors (Lipinski definition) is 2. The van der Waals surface area contributed by atoms with Gasteiger partial charge in [-0.25, -0.2) is 9.59 Å². The smallest absolute Gasteiger partial charge is 0.322 e. The highest BCUT2D eigenvalue weighted by molar-refractivity contribution is 5.94. The van der Waals surface area contributed by atoms with E-state index in [1.54, 1.807) is 4.90 Å². The summed E-state index contributed by atoms with van der Waals surface area (Å²) in [6.07, 6.45) is 0.800. The Morgan fingerprint density at radius 2 is 2.00 bits per heavy atom. The zero-order chi connectivity index (χ0) is 16.4. The average molecular weight is 316 g/mol. The normalized spacial score (nSPS) is 22.9. The lowest BCUT2D eigenvalue weighted by atomic mass is 10.0. The fraction of sp³-hybridized carbons (Fsp3) is 0.529. The lowest BCUT2D eigenvalue weighted by Gasteiger charge is -2.22. The zero-order valence-corrected chi connectivity index (χ0v) is 13.7. The van der Waals surface area contributed by atoms with Crippen molar-refractivity contribution in [2.75, 3.05) is 31.1 Å². The van der Waals surface area contributed by atoms with Crippen LogP contribution in [0.2, 0.25) is 0 Å². The number of benzene rings is 1. The molecule has 1 aromatic rings. The second-order valence-electron chi connectivity index (χ2n) is 6.29. The summed E-state index contributed by atoms with van der Waals surface area (Å²) in [6.45, 7) is 6.62. The molecule has 4 amide bonds. The third kappa shape index (κ3) is 3.11. The molecule has 0 aromatic heterocycles. The fourth-order valence-electron chi connectivity index (χ4n) is 3.39. The van der Waals surface area contributed by atoms with Crippen LogP contribution < -0.4 is 15.5 Å². The monoisotopic (exact) mass is 316 g/mol. The number of carbonyl (C=O) groups is 2. The molecule has 6 heteroatoms. The van der Waals surface area contributed by atoms with Crippen molar-refractivity contribution in [2.45, 2.75) is 32.2 Å². The maximum atomic E-state index is 12.6. The van der Waals surface area contributed by atoms with Gasteiger partial charge in [-0.1, -0.05) is 25.1 Å². The van der Waals surface area contributed by atoms with Crippen LogP contribution in [0.5, 0.6) is 0 Å². The van der Waals surface area contributed by atoms with Gasteiger partial charge in [0.05, 0.1) is 0 Å². The minimum atomic E-state index is -0.0652. The van der Waals surface area contributed by atoms with Crippen molar-refractivity contribution in [1.29, 1.82) is 0 Å². The molecule has 1 fully saturated rings. The van der Waals surface area contributed by atoms with Gasteiger partial charge in [-0.15, -0.1) is 0 Å². The Hall–Kier alpha value is -2.24. The van der Waals surface area contributed by atoms with Gasteiger partial charge in [0.25, 0.3) is 0 Å². The lowest BCUT2D eigenvalue weighted by Crippen LogP contribution is -2.46. The summed E-state index contributed by atoms with van der Waals surface area (Å²) in [6, 6.07) is 7.96. The van der Waals surface area contributed by atoms with Crippen molar-refractivity contribution in [3.05, 3.63) is 29.8 Å². The van der Waals surface area contributed by atoms with E-state index in [-0.39, 0.29) is 18.1 Å². The predicted molar refractivity (Wildman–Crippen MR) is 89.8 cm³/mol. The molecule has 124 valence electrons. The molecule has 6 nitrogen and oxygen atoms in total. The number of nitrogens with one attached hydrogen (secondary N) is 2. The first-order valence-corrected chi connectivity index (χ1v) is 8.30. The van der Waals surface area contributed by atoms with Gasteiger partial charge < -0.3 is 15.5 Å². The van der Waals surface area contributed by atoms with Gasteiger partial charge in [0.1, 0.15) is 0 Å². The molecule has 0 radical (unpaired) electrons. The Kier molecular flexibility index (Phi) is 4.41. The summed E-state index contributed by atoms with van der Waals surface area (Å²) in [7, 11) is 0. The number of nitrogens with zero attached hydrogens (tertiary/aromatic N) is 2. The van der Waals surface area contributed by atoms with Crippen molar-refractivity contribution in [3.8, 4) is 0 Å². The predicted octanol–water partition coefficient (Wildman–Crippen LogP) is 2.12. The number of likely N-dealkylation sites (tertiary alicyclic amines) is 1. The number of amides is 4. The van der Waals surface area contributed by atoms with E-state index in [0.29, 0.717) is 32.1 Å². The second-order valence-corrected chi connectivity index (χ2v) is 6.29. The van der Waals surface area contributed by atoms with E-state index in [1.165, 1.54) is 5.56 Å². The molecule has 2 heterocycles. The first kappa shape index (κ1) is 15.6. The van der Waals surface area contributed by atoms with Crippen molar-refractivity contribution >= 4 is 17.7 Å². The fourth-order valence-corrected chi connectivity index (χ4v) is 3.39. The molecule has 0 aliphatic carbocycles. The Bertz CT molecular complexity index is 604. The maximum Gasteiger partial charge on any atom is 0.322 e. The maximum absolute atomic E-state index is 12.6. The third-order valence-corrected chi connectivity index (χ3v) is 4.59. The zero-order valence-electron chi connectivity index (χ0n) is 13.7. The number of anilines is 1. The number of carbonyl (C=O) groups excluding carboxylic acids is 2. The van der Waals surface area contributed by atoms with E-state index < -0.39 is 0 Å². The second kappa shape index (κ2) is 6.48. The first-order valence-electron chi connectivity index (χ1n) is 8.30. The summed E-state index contributed by atoms with van der Waals surface area (Å²) in [5, 5.41) is 5.87. The summed E-state index contributed by atoms with van der Waals surface area (Å²) in [5.41, 5.74) is 2.22. The Balaban J connectivity index is 1.60. The molecule has 3 rings (SSSR count). The lowest BCUT2D eigenvalue weighted by molar-refractivity contribution is 0.207. The van der Waals surface area contributed by atoms with Gasteiger partial charge in [-0.2, -0.15) is 0 Å². The minimum Gasteiger partial charge on any atom is -0.338 e. The average Bonchev–Trinajstić information content (AvgIpc) is 3.13. The van der Waals surface area contributed by atoms with Gasteiger partial charge in [-0.3, -0.25) is 4.90 Å². The van der Waals surface area contributed by atoms with Gasteiger partial charge in [0.2, 0.25) is 0 Å². The van der Waals surface area contributed by atoms with Crippen LogP contribution in [-0.2, 0) is 0 Å². The molecule has 1 aromatic carbocycles. The van der Waals surface area contributed by atoms with Crippen molar-refractivity contribution < 1.29 is 9.59 Å². The number of para-hydroxylation sites is 1. The number of fused-ring (bicyclic) bond motifs is 1. The van der Waals surface area contributed by atoms with E-state index in [9.17, 15) is 9.59 Å². The molecule has 2 atom stereocenters. The molecule has 2 aliphatic heterocycles. The molecule has 2 unspecified atom stereocenters. The van der Waals surface area contributed by atoms with Gasteiger partial charge in [0, 0.05) is 43.8 Å². The first-order chi connectivity index (χ1) is 11.1. The highest BCUT2D eigenvalue weighted by atomic mass is 16.2. The molecule has 0 bridgehead atoms. The van der Waals surface area contributed by atoms with Crippen molar-refractivity contribution in [2.24, 2.45) is 0 Å². The largest absolute Gasteiger partial charge is 0.338 e. The number of urea groups is 2. The molecule has 23 heavy (non-hydrogen) atoms. The van der Waals surface area contributed by atoms with Crippen molar-refractivity contribution in [1.82, 2.24) is 15.5 Å². The number of rotatable bonds is 2. The van der Waals surface area contributed by atoms with Crippen LogP contribution in [0.4, 0.5) is 15.3 Å². The van der Waals surface area contributed by atoms with E-state index in [0.717, 1.165) is 12.1 Å².